The van der Waals surface area contributed by atoms with E-state index in [0.717, 1.165) is 44.6 Å². The zero-order valence-electron chi connectivity index (χ0n) is 12.9. The van der Waals surface area contributed by atoms with Crippen LogP contribution >= 0.6 is 12.4 Å². The van der Waals surface area contributed by atoms with Crippen molar-refractivity contribution in [2.75, 3.05) is 32.0 Å². The molecule has 22 heavy (non-hydrogen) atoms. The highest BCUT2D eigenvalue weighted by Gasteiger charge is 2.19. The number of hydrogen-bond donors (Lipinski definition) is 2. The molecule has 1 heterocycles. The maximum Gasteiger partial charge on any atom is 0.253 e. The summed E-state index contributed by atoms with van der Waals surface area (Å²) in [5, 5.41) is 5.86. The van der Waals surface area contributed by atoms with Crippen molar-refractivity contribution in [3.63, 3.8) is 0 Å². The van der Waals surface area contributed by atoms with Crippen molar-refractivity contribution in [3.05, 3.63) is 29.8 Å². The predicted octanol–water partition coefficient (Wildman–Crippen LogP) is 2.28. The van der Waals surface area contributed by atoms with Gasteiger partial charge in [0, 0.05) is 30.8 Å². The predicted molar refractivity (Wildman–Crippen MR) is 90.6 cm³/mol. The summed E-state index contributed by atoms with van der Waals surface area (Å²) >= 11 is 0. The minimum absolute atomic E-state index is 0. The zero-order valence-corrected chi connectivity index (χ0v) is 13.7. The fourth-order valence-corrected chi connectivity index (χ4v) is 2.45. The van der Waals surface area contributed by atoms with Crippen LogP contribution in [0.1, 0.15) is 36.0 Å². The van der Waals surface area contributed by atoms with Gasteiger partial charge in [0.25, 0.3) is 5.91 Å². The van der Waals surface area contributed by atoms with Crippen molar-refractivity contribution in [2.45, 2.75) is 25.7 Å². The molecule has 1 fully saturated rings. The summed E-state index contributed by atoms with van der Waals surface area (Å²) in [6.45, 7) is 2.53. The van der Waals surface area contributed by atoms with Gasteiger partial charge in [-0.15, -0.1) is 12.4 Å². The van der Waals surface area contributed by atoms with Crippen LogP contribution in [0, 0.1) is 0 Å². The van der Waals surface area contributed by atoms with E-state index in [1.807, 2.05) is 11.9 Å². The highest BCUT2D eigenvalue weighted by molar-refractivity contribution is 5.96. The SMILES string of the molecule is CNCCCC(=O)Nc1ccc(C(=O)N2CCCC2)cc1.Cl. The van der Waals surface area contributed by atoms with E-state index in [0.29, 0.717) is 12.0 Å². The first-order valence-corrected chi connectivity index (χ1v) is 7.54. The Morgan fingerprint density at radius 1 is 1.14 bits per heavy atom. The highest BCUT2D eigenvalue weighted by Crippen LogP contribution is 2.15. The van der Waals surface area contributed by atoms with E-state index in [-0.39, 0.29) is 24.2 Å². The number of anilines is 1. The second kappa shape index (κ2) is 9.43. The van der Waals surface area contributed by atoms with Crippen LogP contribution in [0.4, 0.5) is 5.69 Å². The number of nitrogens with one attached hydrogen (secondary N) is 2. The lowest BCUT2D eigenvalue weighted by Gasteiger charge is -2.15. The summed E-state index contributed by atoms with van der Waals surface area (Å²) in [5.41, 5.74) is 1.42. The molecular weight excluding hydrogens is 302 g/mol. The van der Waals surface area contributed by atoms with Gasteiger partial charge in [-0.1, -0.05) is 0 Å². The molecule has 0 aliphatic carbocycles. The van der Waals surface area contributed by atoms with E-state index in [2.05, 4.69) is 10.6 Å². The molecule has 1 saturated heterocycles. The third-order valence-electron chi connectivity index (χ3n) is 3.64. The summed E-state index contributed by atoms with van der Waals surface area (Å²) in [7, 11) is 1.87. The van der Waals surface area contributed by atoms with Gasteiger partial charge in [-0.25, -0.2) is 0 Å². The minimum atomic E-state index is 0. The van der Waals surface area contributed by atoms with Crippen molar-refractivity contribution in [1.82, 2.24) is 10.2 Å². The first-order valence-electron chi connectivity index (χ1n) is 7.54. The maximum absolute atomic E-state index is 12.2. The number of nitrogens with zero attached hydrogens (tertiary/aromatic N) is 1. The van der Waals surface area contributed by atoms with Gasteiger partial charge in [0.1, 0.15) is 0 Å². The lowest BCUT2D eigenvalue weighted by Crippen LogP contribution is -2.27. The summed E-state index contributed by atoms with van der Waals surface area (Å²) in [6, 6.07) is 7.15. The third kappa shape index (κ3) is 5.31. The Morgan fingerprint density at radius 3 is 2.36 bits per heavy atom. The van der Waals surface area contributed by atoms with E-state index in [4.69, 9.17) is 0 Å². The Bertz CT molecular complexity index is 485. The molecule has 122 valence electrons. The summed E-state index contributed by atoms with van der Waals surface area (Å²) in [4.78, 5) is 25.8. The van der Waals surface area contributed by atoms with E-state index in [1.54, 1.807) is 24.3 Å². The number of hydrogen-bond acceptors (Lipinski definition) is 3. The van der Waals surface area contributed by atoms with Crippen LogP contribution in [0.15, 0.2) is 24.3 Å². The fourth-order valence-electron chi connectivity index (χ4n) is 2.45. The molecule has 0 bridgehead atoms. The Kier molecular flexibility index (Phi) is 7.91. The monoisotopic (exact) mass is 325 g/mol. The summed E-state index contributed by atoms with van der Waals surface area (Å²) < 4.78 is 0. The van der Waals surface area contributed by atoms with Gasteiger partial charge in [-0.2, -0.15) is 0 Å². The molecule has 2 N–H and O–H groups in total. The van der Waals surface area contributed by atoms with Gasteiger partial charge in [-0.05, 0) is 57.1 Å². The Balaban J connectivity index is 0.00000242. The molecule has 2 rings (SSSR count). The molecule has 5 nitrogen and oxygen atoms in total. The average Bonchev–Trinajstić information content (AvgIpc) is 3.02. The van der Waals surface area contributed by atoms with Crippen LogP contribution < -0.4 is 10.6 Å². The molecule has 2 amide bonds. The van der Waals surface area contributed by atoms with Gasteiger partial charge >= 0.3 is 0 Å². The van der Waals surface area contributed by atoms with Crippen LogP contribution in [0.5, 0.6) is 0 Å². The molecule has 1 aromatic carbocycles. The molecule has 0 atom stereocenters. The normalized spacial score (nSPS) is 13.6. The molecule has 0 unspecified atom stereocenters. The topological polar surface area (TPSA) is 61.4 Å². The number of benzene rings is 1. The van der Waals surface area contributed by atoms with E-state index >= 15 is 0 Å². The van der Waals surface area contributed by atoms with Crippen LogP contribution in [-0.4, -0.2) is 43.4 Å². The van der Waals surface area contributed by atoms with E-state index in [9.17, 15) is 9.59 Å². The number of rotatable bonds is 6. The van der Waals surface area contributed by atoms with Crippen molar-refractivity contribution < 1.29 is 9.59 Å². The van der Waals surface area contributed by atoms with Gasteiger partial charge in [0.15, 0.2) is 0 Å². The molecule has 0 spiro atoms. The second-order valence-electron chi connectivity index (χ2n) is 5.33. The standard InChI is InChI=1S/C16H23N3O2.ClH/c1-17-10-4-5-15(20)18-14-8-6-13(7-9-14)16(21)19-11-2-3-12-19;/h6-9,17H,2-5,10-12H2,1H3,(H,18,20);1H. The molecular formula is C16H24ClN3O2. The number of carbonyl (C=O) groups excluding carboxylic acids is 2. The van der Waals surface area contributed by atoms with Crippen LogP contribution in [0.2, 0.25) is 0 Å². The quantitative estimate of drug-likeness (QED) is 0.789. The van der Waals surface area contributed by atoms with Crippen molar-refractivity contribution in [1.29, 1.82) is 0 Å². The van der Waals surface area contributed by atoms with Crippen LogP contribution in [-0.2, 0) is 4.79 Å². The number of halogens is 1. The molecule has 1 aliphatic heterocycles. The number of amides is 2. The van der Waals surface area contributed by atoms with Crippen LogP contribution in [0.25, 0.3) is 0 Å². The van der Waals surface area contributed by atoms with E-state index in [1.165, 1.54) is 0 Å². The van der Waals surface area contributed by atoms with Crippen molar-refractivity contribution >= 4 is 29.9 Å². The van der Waals surface area contributed by atoms with Gasteiger partial charge in [0.2, 0.25) is 5.91 Å². The van der Waals surface area contributed by atoms with Gasteiger partial charge in [0.05, 0.1) is 0 Å². The fraction of sp³-hybridized carbons (Fsp3) is 0.500. The molecule has 1 aliphatic rings. The zero-order chi connectivity index (χ0) is 15.1. The minimum Gasteiger partial charge on any atom is -0.339 e. The van der Waals surface area contributed by atoms with Gasteiger partial charge in [-0.3, -0.25) is 9.59 Å². The smallest absolute Gasteiger partial charge is 0.253 e. The number of likely N-dealkylation sites (tertiary alicyclic amines) is 1. The first-order chi connectivity index (χ1) is 10.2. The molecule has 0 aromatic heterocycles. The molecule has 0 radical (unpaired) electrons. The lowest BCUT2D eigenvalue weighted by atomic mass is 10.1. The third-order valence-corrected chi connectivity index (χ3v) is 3.64. The summed E-state index contributed by atoms with van der Waals surface area (Å²) in [6.07, 6.45) is 3.49. The Hall–Kier alpha value is -1.59. The van der Waals surface area contributed by atoms with Crippen molar-refractivity contribution in [2.24, 2.45) is 0 Å². The Labute approximate surface area is 137 Å². The second-order valence-corrected chi connectivity index (χ2v) is 5.33. The maximum atomic E-state index is 12.2. The first kappa shape index (κ1) is 18.5. The van der Waals surface area contributed by atoms with Crippen LogP contribution in [0.3, 0.4) is 0 Å². The molecule has 0 saturated carbocycles. The van der Waals surface area contributed by atoms with Gasteiger partial charge < -0.3 is 15.5 Å². The van der Waals surface area contributed by atoms with E-state index < -0.39 is 0 Å². The molecule has 6 heteroatoms. The largest absolute Gasteiger partial charge is 0.339 e. The summed E-state index contributed by atoms with van der Waals surface area (Å²) in [5.74, 6) is 0.0864. The molecule has 1 aromatic rings. The number of carbonyl (C=O) groups is 2. The van der Waals surface area contributed by atoms with Crippen molar-refractivity contribution in [3.8, 4) is 0 Å². The Morgan fingerprint density at radius 2 is 1.77 bits per heavy atom. The lowest BCUT2D eigenvalue weighted by molar-refractivity contribution is -0.116. The average molecular weight is 326 g/mol. The highest BCUT2D eigenvalue weighted by atomic mass is 35.5.